The molecule has 2 aromatic rings. The fraction of sp³-hybridized carbons (Fsp3) is 0.333. The predicted octanol–water partition coefficient (Wildman–Crippen LogP) is 3.60. The Morgan fingerprint density at radius 1 is 1.33 bits per heavy atom. The van der Waals surface area contributed by atoms with Crippen LogP contribution in [0.5, 0.6) is 5.75 Å². The molecule has 2 aliphatic heterocycles. The van der Waals surface area contributed by atoms with Gasteiger partial charge in [-0.1, -0.05) is 29.8 Å². The van der Waals surface area contributed by atoms with Gasteiger partial charge < -0.3 is 15.4 Å². The summed E-state index contributed by atoms with van der Waals surface area (Å²) in [6, 6.07) is 10.0. The number of aromatic nitrogens is 1. The Kier molecular flexibility index (Phi) is 6.91. The number of amides is 2. The molecule has 9 heteroatoms. The Bertz CT molecular complexity index is 1160. The van der Waals surface area contributed by atoms with E-state index in [2.05, 4.69) is 21.7 Å². The number of nitrogens with zero attached hydrogens (tertiary/aromatic N) is 2. The molecule has 7 nitrogen and oxygen atoms in total. The Labute approximate surface area is 201 Å². The molecular formula is C24H23ClN4O3S. The van der Waals surface area contributed by atoms with Crippen molar-refractivity contribution in [2.75, 3.05) is 12.4 Å². The molecule has 1 saturated carbocycles. The van der Waals surface area contributed by atoms with Crippen molar-refractivity contribution in [1.29, 1.82) is 5.26 Å². The highest BCUT2D eigenvalue weighted by Crippen LogP contribution is 2.34. The van der Waals surface area contributed by atoms with Crippen molar-refractivity contribution in [2.24, 2.45) is 0 Å². The van der Waals surface area contributed by atoms with Crippen molar-refractivity contribution in [3.63, 3.8) is 0 Å². The number of carbonyl (C=O) groups excluding carboxylic acids is 2. The SMILES string of the molecule is Cc1ccc2c(n1)SC/C=C/COc1ccc(cc1Cl)CC(C(=O)NC1(C#N)CC1)NC2=O. The number of ether oxygens (including phenoxy) is 1. The van der Waals surface area contributed by atoms with Crippen molar-refractivity contribution in [1.82, 2.24) is 15.6 Å². The molecule has 2 bridgehead atoms. The molecule has 1 aromatic heterocycles. The highest BCUT2D eigenvalue weighted by molar-refractivity contribution is 7.99. The first-order valence-electron chi connectivity index (χ1n) is 10.6. The minimum absolute atomic E-state index is 0.209. The molecule has 33 heavy (non-hydrogen) atoms. The summed E-state index contributed by atoms with van der Waals surface area (Å²) >= 11 is 7.81. The number of carbonyl (C=O) groups is 2. The van der Waals surface area contributed by atoms with Crippen molar-refractivity contribution >= 4 is 35.2 Å². The number of hydrogen-bond donors (Lipinski definition) is 2. The van der Waals surface area contributed by atoms with Crippen LogP contribution in [0, 0.1) is 18.3 Å². The van der Waals surface area contributed by atoms with Crippen molar-refractivity contribution in [3.05, 3.63) is 64.3 Å². The third-order valence-electron chi connectivity index (χ3n) is 5.45. The number of benzene rings is 1. The number of aryl methyl sites for hydroxylation is 1. The third-order valence-corrected chi connectivity index (χ3v) is 6.69. The average Bonchev–Trinajstić information content (AvgIpc) is 3.56. The van der Waals surface area contributed by atoms with E-state index < -0.39 is 23.4 Å². The van der Waals surface area contributed by atoms with Gasteiger partial charge in [-0.3, -0.25) is 9.59 Å². The molecule has 5 rings (SSSR count). The fourth-order valence-corrected chi connectivity index (χ4v) is 4.57. The summed E-state index contributed by atoms with van der Waals surface area (Å²) in [7, 11) is 0. The lowest BCUT2D eigenvalue weighted by Gasteiger charge is -2.21. The second-order valence-electron chi connectivity index (χ2n) is 8.08. The highest BCUT2D eigenvalue weighted by atomic mass is 35.5. The predicted molar refractivity (Wildman–Crippen MR) is 126 cm³/mol. The largest absolute Gasteiger partial charge is 0.488 e. The van der Waals surface area contributed by atoms with Crippen LogP contribution in [0.25, 0.3) is 0 Å². The molecule has 3 heterocycles. The second-order valence-corrected chi connectivity index (χ2v) is 9.49. The standard InChI is InChI=1S/C24H23ClN4O3S/c1-15-4-6-17-21(30)28-19(22(31)29-24(14-26)8-9-24)13-16-5-7-20(18(25)12-16)32-10-2-3-11-33-23(17)27-15/h2-7,12,19H,8-11,13H2,1H3,(H,28,30)(H,29,31)/b3-2+. The quantitative estimate of drug-likeness (QED) is 0.634. The van der Waals surface area contributed by atoms with Gasteiger partial charge in [0.15, 0.2) is 0 Å². The molecular weight excluding hydrogens is 460 g/mol. The zero-order valence-corrected chi connectivity index (χ0v) is 19.6. The Balaban J connectivity index is 1.67. The fourth-order valence-electron chi connectivity index (χ4n) is 3.40. The summed E-state index contributed by atoms with van der Waals surface area (Å²) in [6.45, 7) is 2.22. The van der Waals surface area contributed by atoms with Crippen LogP contribution < -0.4 is 15.4 Å². The van der Waals surface area contributed by atoms with E-state index in [1.165, 1.54) is 11.8 Å². The second kappa shape index (κ2) is 9.86. The van der Waals surface area contributed by atoms with Crippen LogP contribution in [0.3, 0.4) is 0 Å². The summed E-state index contributed by atoms with van der Waals surface area (Å²) in [6.07, 6.45) is 5.24. The van der Waals surface area contributed by atoms with Gasteiger partial charge in [0.1, 0.15) is 29.0 Å². The summed E-state index contributed by atoms with van der Waals surface area (Å²) in [5, 5.41) is 16.0. The van der Waals surface area contributed by atoms with Crippen LogP contribution in [0.15, 0.2) is 47.5 Å². The number of hydrogen-bond acceptors (Lipinski definition) is 6. The zero-order chi connectivity index (χ0) is 23.4. The topological polar surface area (TPSA) is 104 Å². The van der Waals surface area contributed by atoms with E-state index >= 15 is 0 Å². The lowest BCUT2D eigenvalue weighted by molar-refractivity contribution is -0.123. The first-order valence-corrected chi connectivity index (χ1v) is 12.0. The van der Waals surface area contributed by atoms with Gasteiger partial charge in [0, 0.05) is 17.9 Å². The maximum absolute atomic E-state index is 13.2. The number of thioether (sulfide) groups is 1. The molecule has 3 aliphatic rings. The molecule has 0 saturated heterocycles. The maximum atomic E-state index is 13.2. The average molecular weight is 483 g/mol. The lowest BCUT2D eigenvalue weighted by atomic mass is 10.0. The minimum atomic E-state index is -0.891. The van der Waals surface area contributed by atoms with Gasteiger partial charge in [-0.05, 0) is 49.6 Å². The Morgan fingerprint density at radius 2 is 2.15 bits per heavy atom. The molecule has 1 fully saturated rings. The van der Waals surface area contributed by atoms with E-state index in [0.717, 1.165) is 11.3 Å². The summed E-state index contributed by atoms with van der Waals surface area (Å²) in [5.41, 5.74) is 1.11. The highest BCUT2D eigenvalue weighted by Gasteiger charge is 2.45. The van der Waals surface area contributed by atoms with E-state index in [1.807, 2.05) is 25.1 Å². The smallest absolute Gasteiger partial charge is 0.254 e. The molecule has 1 atom stereocenters. The van der Waals surface area contributed by atoms with Crippen molar-refractivity contribution in [2.45, 2.75) is 42.8 Å². The van der Waals surface area contributed by atoms with Crippen LogP contribution in [-0.2, 0) is 11.2 Å². The first-order chi connectivity index (χ1) is 15.9. The minimum Gasteiger partial charge on any atom is -0.488 e. The summed E-state index contributed by atoms with van der Waals surface area (Å²) in [4.78, 5) is 30.8. The number of nitriles is 1. The van der Waals surface area contributed by atoms with Gasteiger partial charge in [-0.15, -0.1) is 11.8 Å². The van der Waals surface area contributed by atoms with Gasteiger partial charge in [-0.2, -0.15) is 5.26 Å². The number of pyridine rings is 1. The van der Waals surface area contributed by atoms with Gasteiger partial charge in [0.25, 0.3) is 5.91 Å². The third kappa shape index (κ3) is 5.67. The normalized spacial score (nSPS) is 20.5. The van der Waals surface area contributed by atoms with Gasteiger partial charge in [0.2, 0.25) is 5.91 Å². The van der Waals surface area contributed by atoms with E-state index in [-0.39, 0.29) is 6.42 Å². The first kappa shape index (κ1) is 23.1. The number of fused-ring (bicyclic) bond motifs is 9. The zero-order valence-electron chi connectivity index (χ0n) is 18.1. The molecule has 1 unspecified atom stereocenters. The molecule has 2 N–H and O–H groups in total. The van der Waals surface area contributed by atoms with Crippen LogP contribution in [0.1, 0.15) is 34.5 Å². The molecule has 2 amide bonds. The lowest BCUT2D eigenvalue weighted by Crippen LogP contribution is -2.51. The van der Waals surface area contributed by atoms with Gasteiger partial charge in [0.05, 0.1) is 16.7 Å². The number of halogens is 1. The van der Waals surface area contributed by atoms with Gasteiger partial charge in [-0.25, -0.2) is 4.98 Å². The van der Waals surface area contributed by atoms with Crippen LogP contribution in [-0.4, -0.2) is 40.7 Å². The van der Waals surface area contributed by atoms with Crippen LogP contribution in [0.4, 0.5) is 0 Å². The Morgan fingerprint density at radius 3 is 2.88 bits per heavy atom. The van der Waals surface area contributed by atoms with Gasteiger partial charge >= 0.3 is 0 Å². The molecule has 1 aliphatic carbocycles. The number of nitrogens with one attached hydrogen (secondary N) is 2. The van der Waals surface area contributed by atoms with Crippen LogP contribution in [0.2, 0.25) is 5.02 Å². The molecule has 1 aromatic carbocycles. The van der Waals surface area contributed by atoms with Crippen LogP contribution >= 0.6 is 23.4 Å². The molecule has 0 spiro atoms. The maximum Gasteiger partial charge on any atom is 0.254 e. The summed E-state index contributed by atoms with van der Waals surface area (Å²) in [5.74, 6) is 0.339. The molecule has 170 valence electrons. The van der Waals surface area contributed by atoms with Crippen molar-refractivity contribution in [3.8, 4) is 11.8 Å². The molecule has 0 radical (unpaired) electrons. The summed E-state index contributed by atoms with van der Waals surface area (Å²) < 4.78 is 5.73. The number of rotatable bonds is 2. The van der Waals surface area contributed by atoms with E-state index in [1.54, 1.807) is 24.3 Å². The monoisotopic (exact) mass is 482 g/mol. The van der Waals surface area contributed by atoms with E-state index in [0.29, 0.717) is 46.6 Å². The van der Waals surface area contributed by atoms with Crippen molar-refractivity contribution < 1.29 is 14.3 Å². The Hall–Kier alpha value is -3.02. The van der Waals surface area contributed by atoms with E-state index in [9.17, 15) is 14.9 Å². The van der Waals surface area contributed by atoms with E-state index in [4.69, 9.17) is 16.3 Å².